The van der Waals surface area contributed by atoms with Crippen LogP contribution in [0.5, 0.6) is 0 Å². The van der Waals surface area contributed by atoms with E-state index in [4.69, 9.17) is 5.84 Å². The second kappa shape index (κ2) is 7.09. The van der Waals surface area contributed by atoms with Gasteiger partial charge in [0, 0.05) is 6.54 Å². The molecule has 0 saturated heterocycles. The van der Waals surface area contributed by atoms with E-state index in [1.807, 2.05) is 0 Å². The first kappa shape index (κ1) is 13.8. The van der Waals surface area contributed by atoms with Crippen molar-refractivity contribution in [2.45, 2.75) is 38.5 Å². The minimum atomic E-state index is -0.132. The van der Waals surface area contributed by atoms with Crippen LogP contribution in [-0.4, -0.2) is 17.4 Å². The maximum Gasteiger partial charge on any atom is 0.269 e. The lowest BCUT2D eigenvalue weighted by atomic mass is 9.87. The van der Waals surface area contributed by atoms with Crippen LogP contribution in [0.15, 0.2) is 18.2 Å². The molecule has 5 heteroatoms. The van der Waals surface area contributed by atoms with Crippen molar-refractivity contribution in [3.05, 3.63) is 23.9 Å². The molecule has 2 rings (SSSR count). The molecule has 1 saturated carbocycles. The summed E-state index contributed by atoms with van der Waals surface area (Å²) in [4.78, 5) is 16.0. The molecule has 0 atom stereocenters. The number of nitrogens with zero attached hydrogens (tertiary/aromatic N) is 1. The number of rotatable bonds is 5. The minimum absolute atomic E-state index is 0.132. The van der Waals surface area contributed by atoms with Gasteiger partial charge in [0.2, 0.25) is 0 Å². The van der Waals surface area contributed by atoms with Gasteiger partial charge in [0.05, 0.1) is 0 Å². The Bertz CT molecular complexity index is 416. The lowest BCUT2D eigenvalue weighted by Gasteiger charge is -2.21. The van der Waals surface area contributed by atoms with Crippen LogP contribution in [0, 0.1) is 5.92 Å². The van der Waals surface area contributed by atoms with Gasteiger partial charge in [-0.05, 0) is 24.5 Å². The van der Waals surface area contributed by atoms with E-state index >= 15 is 0 Å². The molecular weight excluding hydrogens is 240 g/mol. The molecular formula is C14H22N4O. The fraction of sp³-hybridized carbons (Fsp3) is 0.571. The largest absolute Gasteiger partial charge is 0.351 e. The average Bonchev–Trinajstić information content (AvgIpc) is 2.48. The smallest absolute Gasteiger partial charge is 0.269 e. The van der Waals surface area contributed by atoms with E-state index in [0.717, 1.165) is 18.9 Å². The molecule has 5 nitrogen and oxygen atoms in total. The van der Waals surface area contributed by atoms with Gasteiger partial charge in [0.1, 0.15) is 11.5 Å². The zero-order valence-corrected chi connectivity index (χ0v) is 11.2. The molecule has 1 fully saturated rings. The van der Waals surface area contributed by atoms with Crippen molar-refractivity contribution in [1.29, 1.82) is 0 Å². The maximum absolute atomic E-state index is 11.9. The number of nitrogens with two attached hydrogens (primary N) is 1. The number of hydrazine groups is 1. The summed E-state index contributed by atoms with van der Waals surface area (Å²) in [6, 6.07) is 5.17. The highest BCUT2D eigenvalue weighted by atomic mass is 16.1. The monoisotopic (exact) mass is 262 g/mol. The molecule has 1 aliphatic rings. The summed E-state index contributed by atoms with van der Waals surface area (Å²) >= 11 is 0. The van der Waals surface area contributed by atoms with E-state index in [0.29, 0.717) is 11.5 Å². The third-order valence-electron chi connectivity index (χ3n) is 3.69. The second-order valence-electron chi connectivity index (χ2n) is 5.10. The Morgan fingerprint density at radius 2 is 2.11 bits per heavy atom. The first-order chi connectivity index (χ1) is 9.29. The van der Waals surface area contributed by atoms with Crippen LogP contribution < -0.4 is 16.6 Å². The van der Waals surface area contributed by atoms with E-state index in [9.17, 15) is 4.79 Å². The molecule has 1 aromatic rings. The molecule has 0 radical (unpaired) electrons. The van der Waals surface area contributed by atoms with Crippen molar-refractivity contribution in [2.75, 3.05) is 12.0 Å². The molecule has 1 aromatic heterocycles. The van der Waals surface area contributed by atoms with Crippen molar-refractivity contribution in [3.8, 4) is 0 Å². The standard InChI is InChI=1S/C14H22N4O/c15-18-13-8-4-7-12(17-13)14(19)16-10-9-11-5-2-1-3-6-11/h4,7-8,11H,1-3,5-6,9-10,15H2,(H,16,19)(H,17,18). The normalized spacial score (nSPS) is 16.1. The van der Waals surface area contributed by atoms with Crippen molar-refractivity contribution in [3.63, 3.8) is 0 Å². The predicted octanol–water partition coefficient (Wildman–Crippen LogP) is 2.07. The summed E-state index contributed by atoms with van der Waals surface area (Å²) in [6.45, 7) is 0.728. The maximum atomic E-state index is 11.9. The van der Waals surface area contributed by atoms with Crippen molar-refractivity contribution >= 4 is 11.7 Å². The Balaban J connectivity index is 1.77. The molecule has 1 aliphatic carbocycles. The van der Waals surface area contributed by atoms with Crippen LogP contribution in [0.25, 0.3) is 0 Å². The molecule has 0 bridgehead atoms. The number of nitrogens with one attached hydrogen (secondary N) is 2. The van der Waals surface area contributed by atoms with E-state index in [1.54, 1.807) is 18.2 Å². The number of nitrogen functional groups attached to an aromatic ring is 1. The van der Waals surface area contributed by atoms with Gasteiger partial charge in [0.25, 0.3) is 5.91 Å². The summed E-state index contributed by atoms with van der Waals surface area (Å²) in [7, 11) is 0. The van der Waals surface area contributed by atoms with E-state index in [1.165, 1.54) is 32.1 Å². The van der Waals surface area contributed by atoms with Gasteiger partial charge in [0.15, 0.2) is 0 Å². The van der Waals surface area contributed by atoms with E-state index < -0.39 is 0 Å². The van der Waals surface area contributed by atoms with Gasteiger partial charge in [-0.25, -0.2) is 10.8 Å². The topological polar surface area (TPSA) is 80.0 Å². The molecule has 4 N–H and O–H groups in total. The third kappa shape index (κ3) is 4.21. The lowest BCUT2D eigenvalue weighted by molar-refractivity contribution is 0.0945. The zero-order chi connectivity index (χ0) is 13.5. The Kier molecular flexibility index (Phi) is 5.15. The number of anilines is 1. The molecule has 0 aromatic carbocycles. The first-order valence-corrected chi connectivity index (χ1v) is 7.01. The van der Waals surface area contributed by atoms with Crippen LogP contribution in [0.3, 0.4) is 0 Å². The van der Waals surface area contributed by atoms with Gasteiger partial charge in [-0.3, -0.25) is 4.79 Å². The quantitative estimate of drug-likeness (QED) is 0.560. The number of amides is 1. The van der Waals surface area contributed by atoms with E-state index in [-0.39, 0.29) is 5.91 Å². The molecule has 1 heterocycles. The number of aromatic nitrogens is 1. The zero-order valence-electron chi connectivity index (χ0n) is 11.2. The lowest BCUT2D eigenvalue weighted by Crippen LogP contribution is -2.27. The molecule has 104 valence electrons. The molecule has 0 unspecified atom stereocenters. The van der Waals surface area contributed by atoms with Crippen LogP contribution in [-0.2, 0) is 0 Å². The van der Waals surface area contributed by atoms with Crippen molar-refractivity contribution < 1.29 is 4.79 Å². The van der Waals surface area contributed by atoms with Gasteiger partial charge >= 0.3 is 0 Å². The Morgan fingerprint density at radius 3 is 2.84 bits per heavy atom. The average molecular weight is 262 g/mol. The second-order valence-corrected chi connectivity index (χ2v) is 5.10. The van der Waals surface area contributed by atoms with Crippen LogP contribution in [0.2, 0.25) is 0 Å². The number of carbonyl (C=O) groups excluding carboxylic acids is 1. The summed E-state index contributed by atoms with van der Waals surface area (Å²) in [5, 5.41) is 2.93. The summed E-state index contributed by atoms with van der Waals surface area (Å²) < 4.78 is 0. The van der Waals surface area contributed by atoms with Crippen LogP contribution in [0.4, 0.5) is 5.82 Å². The van der Waals surface area contributed by atoms with E-state index in [2.05, 4.69) is 15.7 Å². The summed E-state index contributed by atoms with van der Waals surface area (Å²) in [5.41, 5.74) is 2.84. The fourth-order valence-electron chi connectivity index (χ4n) is 2.60. The highest BCUT2D eigenvalue weighted by Crippen LogP contribution is 2.25. The third-order valence-corrected chi connectivity index (χ3v) is 3.69. The first-order valence-electron chi connectivity index (χ1n) is 7.01. The predicted molar refractivity (Wildman–Crippen MR) is 75.6 cm³/mol. The number of hydrogen-bond acceptors (Lipinski definition) is 4. The molecule has 1 amide bonds. The van der Waals surface area contributed by atoms with Crippen molar-refractivity contribution in [2.24, 2.45) is 11.8 Å². The minimum Gasteiger partial charge on any atom is -0.351 e. The van der Waals surface area contributed by atoms with Crippen LogP contribution in [0.1, 0.15) is 49.0 Å². The Labute approximate surface area is 114 Å². The summed E-state index contributed by atoms with van der Waals surface area (Å²) in [5.74, 6) is 6.42. The molecule has 19 heavy (non-hydrogen) atoms. The van der Waals surface area contributed by atoms with Gasteiger partial charge in [-0.15, -0.1) is 0 Å². The highest BCUT2D eigenvalue weighted by Gasteiger charge is 2.14. The molecule has 0 aliphatic heterocycles. The number of carbonyl (C=O) groups is 1. The summed E-state index contributed by atoms with van der Waals surface area (Å²) in [6.07, 6.45) is 7.72. The molecule has 0 spiro atoms. The van der Waals surface area contributed by atoms with Gasteiger partial charge in [-0.1, -0.05) is 38.2 Å². The fourth-order valence-corrected chi connectivity index (χ4v) is 2.60. The highest BCUT2D eigenvalue weighted by molar-refractivity contribution is 5.92. The van der Waals surface area contributed by atoms with Gasteiger partial charge < -0.3 is 10.7 Å². The Morgan fingerprint density at radius 1 is 1.32 bits per heavy atom. The number of pyridine rings is 1. The van der Waals surface area contributed by atoms with Crippen molar-refractivity contribution in [1.82, 2.24) is 10.3 Å². The van der Waals surface area contributed by atoms with Crippen LogP contribution >= 0.6 is 0 Å². The number of hydrogen-bond donors (Lipinski definition) is 3. The SMILES string of the molecule is NNc1cccc(C(=O)NCCC2CCCCC2)n1. The van der Waals surface area contributed by atoms with Gasteiger partial charge in [-0.2, -0.15) is 0 Å². The Hall–Kier alpha value is -1.62.